The zero-order valence-corrected chi connectivity index (χ0v) is 16.5. The van der Waals surface area contributed by atoms with E-state index in [0.29, 0.717) is 5.46 Å². The number of nitrogens with two attached hydrogens (primary N) is 1. The number of carbonyl (C=O) groups excluding carboxylic acids is 1. The summed E-state index contributed by atoms with van der Waals surface area (Å²) in [6.07, 6.45) is 0. The Morgan fingerprint density at radius 3 is 2.04 bits per heavy atom. The highest BCUT2D eigenvalue weighted by molar-refractivity contribution is 7.91. The quantitative estimate of drug-likeness (QED) is 0.809. The summed E-state index contributed by atoms with van der Waals surface area (Å²) in [6, 6.07) is 12.3. The van der Waals surface area contributed by atoms with E-state index in [0.717, 1.165) is 0 Å². The van der Waals surface area contributed by atoms with Gasteiger partial charge in [0.15, 0.2) is 0 Å². The van der Waals surface area contributed by atoms with E-state index in [1.807, 2.05) is 27.7 Å². The molecule has 0 radical (unpaired) electrons. The molecule has 6 nitrogen and oxygen atoms in total. The van der Waals surface area contributed by atoms with Crippen molar-refractivity contribution in [3.8, 4) is 0 Å². The third-order valence-corrected chi connectivity index (χ3v) is 6.95. The minimum Gasteiger partial charge on any atom is -0.399 e. The lowest BCUT2D eigenvalue weighted by atomic mass is 9.79. The van der Waals surface area contributed by atoms with Crippen LogP contribution in [0.2, 0.25) is 0 Å². The average Bonchev–Trinajstić information content (AvgIpc) is 2.82. The van der Waals surface area contributed by atoms with E-state index in [-0.39, 0.29) is 15.4 Å². The van der Waals surface area contributed by atoms with Gasteiger partial charge in [0, 0.05) is 0 Å². The second-order valence-corrected chi connectivity index (χ2v) is 9.44. The molecular formula is C19H22BNO5S. The van der Waals surface area contributed by atoms with Crippen LogP contribution in [0.1, 0.15) is 38.1 Å². The van der Waals surface area contributed by atoms with Crippen molar-refractivity contribution in [2.75, 3.05) is 0 Å². The normalized spacial score (nSPS) is 18.4. The molecule has 1 saturated heterocycles. The molecule has 0 unspecified atom stereocenters. The van der Waals surface area contributed by atoms with E-state index in [2.05, 4.69) is 0 Å². The molecule has 1 aliphatic rings. The van der Waals surface area contributed by atoms with Crippen LogP contribution in [-0.4, -0.2) is 32.6 Å². The zero-order chi connectivity index (χ0) is 20.0. The first kappa shape index (κ1) is 19.6. The van der Waals surface area contributed by atoms with Crippen molar-refractivity contribution in [3.63, 3.8) is 0 Å². The van der Waals surface area contributed by atoms with Crippen LogP contribution < -0.4 is 11.2 Å². The number of amides is 1. The molecule has 0 aliphatic carbocycles. The highest BCUT2D eigenvalue weighted by Crippen LogP contribution is 2.36. The van der Waals surface area contributed by atoms with Crippen molar-refractivity contribution in [1.82, 2.24) is 0 Å². The average molecular weight is 387 g/mol. The Morgan fingerprint density at radius 1 is 0.963 bits per heavy atom. The predicted molar refractivity (Wildman–Crippen MR) is 103 cm³/mol. The molecule has 8 heteroatoms. The van der Waals surface area contributed by atoms with Crippen LogP contribution in [0.4, 0.5) is 0 Å². The van der Waals surface area contributed by atoms with Crippen molar-refractivity contribution < 1.29 is 22.5 Å². The molecule has 2 N–H and O–H groups in total. The van der Waals surface area contributed by atoms with Crippen LogP contribution in [0, 0.1) is 0 Å². The van der Waals surface area contributed by atoms with Gasteiger partial charge in [0.25, 0.3) is 0 Å². The van der Waals surface area contributed by atoms with Gasteiger partial charge < -0.3 is 15.0 Å². The van der Waals surface area contributed by atoms with Gasteiger partial charge in [0.2, 0.25) is 15.7 Å². The van der Waals surface area contributed by atoms with E-state index in [9.17, 15) is 13.2 Å². The molecule has 142 valence electrons. The van der Waals surface area contributed by atoms with Crippen molar-refractivity contribution in [2.45, 2.75) is 48.7 Å². The maximum atomic E-state index is 13.1. The van der Waals surface area contributed by atoms with Crippen molar-refractivity contribution in [2.24, 2.45) is 5.73 Å². The Bertz CT molecular complexity index is 970. The molecule has 3 rings (SSSR count). The number of hydrogen-bond acceptors (Lipinski definition) is 5. The molecule has 1 heterocycles. The first-order valence-corrected chi connectivity index (χ1v) is 10.0. The van der Waals surface area contributed by atoms with E-state index in [4.69, 9.17) is 15.0 Å². The SMILES string of the molecule is CC1(C)OB(c2ccc(C(N)=O)c(S(=O)(=O)c3ccccc3)c2)OC1(C)C. The highest BCUT2D eigenvalue weighted by Gasteiger charge is 2.51. The topological polar surface area (TPSA) is 95.7 Å². The fourth-order valence-corrected chi connectivity index (χ4v) is 4.34. The van der Waals surface area contributed by atoms with Gasteiger partial charge in [-0.1, -0.05) is 24.3 Å². The van der Waals surface area contributed by atoms with Gasteiger partial charge in [-0.2, -0.15) is 0 Å². The molecule has 0 bridgehead atoms. The lowest BCUT2D eigenvalue weighted by Gasteiger charge is -2.32. The standard InChI is InChI=1S/C19H22BNO5S/c1-18(2)19(3,4)26-20(25-18)13-10-11-15(17(21)22)16(12-13)27(23,24)14-8-6-5-7-9-14/h5-12H,1-4H3,(H2,21,22). The third-order valence-electron chi connectivity index (χ3n) is 5.14. The van der Waals surface area contributed by atoms with Crippen LogP contribution in [0.5, 0.6) is 0 Å². The summed E-state index contributed by atoms with van der Waals surface area (Å²) < 4.78 is 38.2. The molecule has 2 aromatic carbocycles. The monoisotopic (exact) mass is 387 g/mol. The lowest BCUT2D eigenvalue weighted by Crippen LogP contribution is -2.41. The molecule has 0 spiro atoms. The van der Waals surface area contributed by atoms with E-state index in [1.165, 1.54) is 24.3 Å². The summed E-state index contributed by atoms with van der Waals surface area (Å²) in [5, 5.41) is 0. The number of rotatable bonds is 4. The van der Waals surface area contributed by atoms with Crippen LogP contribution >= 0.6 is 0 Å². The van der Waals surface area contributed by atoms with Gasteiger partial charge in [0.05, 0.1) is 26.6 Å². The van der Waals surface area contributed by atoms with Crippen LogP contribution in [0.25, 0.3) is 0 Å². The Labute approximate surface area is 159 Å². The molecule has 27 heavy (non-hydrogen) atoms. The minimum absolute atomic E-state index is 0.0703. The van der Waals surface area contributed by atoms with Gasteiger partial charge in [0.1, 0.15) is 0 Å². The molecule has 2 aromatic rings. The summed E-state index contributed by atoms with van der Waals surface area (Å²) in [7, 11) is -4.68. The summed E-state index contributed by atoms with van der Waals surface area (Å²) in [6.45, 7) is 7.64. The first-order valence-electron chi connectivity index (χ1n) is 8.55. The predicted octanol–water partition coefficient (Wildman–Crippen LogP) is 1.92. The summed E-state index contributed by atoms with van der Waals surface area (Å²) in [5.41, 5.74) is 4.71. The van der Waals surface area contributed by atoms with E-state index >= 15 is 0 Å². The highest BCUT2D eigenvalue weighted by atomic mass is 32.2. The van der Waals surface area contributed by atoms with Gasteiger partial charge in [-0.15, -0.1) is 0 Å². The number of primary amides is 1. The van der Waals surface area contributed by atoms with Crippen LogP contribution in [0.15, 0.2) is 58.3 Å². The van der Waals surface area contributed by atoms with Crippen LogP contribution in [-0.2, 0) is 19.1 Å². The van der Waals surface area contributed by atoms with Gasteiger partial charge in [-0.3, -0.25) is 4.79 Å². The van der Waals surface area contributed by atoms with Gasteiger partial charge >= 0.3 is 7.12 Å². The van der Waals surface area contributed by atoms with Gasteiger partial charge in [-0.05, 0) is 57.4 Å². The zero-order valence-electron chi connectivity index (χ0n) is 15.7. The number of hydrogen-bond donors (Lipinski definition) is 1. The third kappa shape index (κ3) is 3.40. The smallest absolute Gasteiger partial charge is 0.399 e. The van der Waals surface area contributed by atoms with Crippen LogP contribution in [0.3, 0.4) is 0 Å². The summed E-state index contributed by atoms with van der Waals surface area (Å²) in [4.78, 5) is 11.8. The van der Waals surface area contributed by atoms with Crippen molar-refractivity contribution >= 4 is 28.3 Å². The Kier molecular flexibility index (Phi) is 4.70. The molecule has 0 atom stereocenters. The molecule has 1 amide bonds. The van der Waals surface area contributed by atoms with Gasteiger partial charge in [-0.25, -0.2) is 8.42 Å². The maximum Gasteiger partial charge on any atom is 0.494 e. The number of sulfone groups is 1. The maximum absolute atomic E-state index is 13.1. The molecule has 0 saturated carbocycles. The Hall–Kier alpha value is -2.16. The lowest BCUT2D eigenvalue weighted by molar-refractivity contribution is 0.00578. The fourth-order valence-electron chi connectivity index (χ4n) is 2.82. The van der Waals surface area contributed by atoms with E-state index < -0.39 is 34.1 Å². The second kappa shape index (κ2) is 6.47. The molecule has 1 fully saturated rings. The minimum atomic E-state index is -3.94. The largest absolute Gasteiger partial charge is 0.494 e. The number of carbonyl (C=O) groups is 1. The fraction of sp³-hybridized carbons (Fsp3) is 0.316. The molecule has 0 aromatic heterocycles. The summed E-state index contributed by atoms with van der Waals surface area (Å²) >= 11 is 0. The van der Waals surface area contributed by atoms with E-state index in [1.54, 1.807) is 24.3 Å². The number of benzene rings is 2. The Morgan fingerprint density at radius 2 is 1.52 bits per heavy atom. The Balaban J connectivity index is 2.12. The van der Waals surface area contributed by atoms with Crippen molar-refractivity contribution in [1.29, 1.82) is 0 Å². The second-order valence-electron chi connectivity index (χ2n) is 7.52. The summed E-state index contributed by atoms with van der Waals surface area (Å²) in [5.74, 6) is -0.815. The molecule has 1 aliphatic heterocycles. The molecular weight excluding hydrogens is 365 g/mol. The van der Waals surface area contributed by atoms with Crippen molar-refractivity contribution in [3.05, 3.63) is 54.1 Å². The first-order chi connectivity index (χ1) is 12.5.